The molecule has 106 valence electrons. The summed E-state index contributed by atoms with van der Waals surface area (Å²) >= 11 is 0. The molecule has 1 fully saturated rings. The van der Waals surface area contributed by atoms with Crippen LogP contribution < -0.4 is 0 Å². The molecule has 0 aliphatic carbocycles. The lowest BCUT2D eigenvalue weighted by Gasteiger charge is -2.20. The Kier molecular flexibility index (Phi) is 4.25. The number of benzene rings is 1. The fourth-order valence-electron chi connectivity index (χ4n) is 3.10. The summed E-state index contributed by atoms with van der Waals surface area (Å²) in [4.78, 5) is 12.8. The second-order valence-corrected chi connectivity index (χ2v) is 5.81. The van der Waals surface area contributed by atoms with Crippen LogP contribution in [0.1, 0.15) is 37.8 Å². The van der Waals surface area contributed by atoms with E-state index in [0.29, 0.717) is 0 Å². The predicted octanol–water partition coefficient (Wildman–Crippen LogP) is 3.23. The van der Waals surface area contributed by atoms with Gasteiger partial charge < -0.3 is 4.74 Å². The summed E-state index contributed by atoms with van der Waals surface area (Å²) < 4.78 is 5.73. The van der Waals surface area contributed by atoms with Gasteiger partial charge in [0.15, 0.2) is 5.78 Å². The second-order valence-electron chi connectivity index (χ2n) is 5.81. The van der Waals surface area contributed by atoms with Crippen molar-refractivity contribution in [2.24, 2.45) is 11.8 Å². The molecule has 0 amide bonds. The van der Waals surface area contributed by atoms with Crippen molar-refractivity contribution in [1.29, 1.82) is 5.26 Å². The van der Waals surface area contributed by atoms with Crippen LogP contribution in [0.3, 0.4) is 0 Å². The second kappa shape index (κ2) is 5.76. The molecule has 20 heavy (non-hydrogen) atoms. The van der Waals surface area contributed by atoms with Gasteiger partial charge in [0.2, 0.25) is 0 Å². The van der Waals surface area contributed by atoms with E-state index in [1.165, 1.54) is 0 Å². The summed E-state index contributed by atoms with van der Waals surface area (Å²) in [6, 6.07) is 9.80. The zero-order valence-corrected chi connectivity index (χ0v) is 12.5. The van der Waals surface area contributed by atoms with Crippen molar-refractivity contribution in [2.45, 2.75) is 45.8 Å². The highest BCUT2D eigenvalue weighted by Gasteiger charge is 2.44. The SMILES string of the molecule is Cc1cccc(C(C#N)C(=O)C2C(C)OC(C)C2C)c1. The number of rotatable bonds is 3. The van der Waals surface area contributed by atoms with Crippen LogP contribution >= 0.6 is 0 Å². The fraction of sp³-hybridized carbons (Fsp3) is 0.529. The third kappa shape index (κ3) is 2.62. The monoisotopic (exact) mass is 271 g/mol. The molecule has 5 unspecified atom stereocenters. The third-order valence-corrected chi connectivity index (χ3v) is 4.36. The van der Waals surface area contributed by atoms with Gasteiger partial charge in [0.25, 0.3) is 0 Å². The van der Waals surface area contributed by atoms with Crippen molar-refractivity contribution in [2.75, 3.05) is 0 Å². The van der Waals surface area contributed by atoms with Crippen LogP contribution in [0, 0.1) is 30.1 Å². The highest BCUT2D eigenvalue weighted by Crippen LogP contribution is 2.36. The fourth-order valence-corrected chi connectivity index (χ4v) is 3.10. The average Bonchev–Trinajstić information content (AvgIpc) is 2.64. The van der Waals surface area contributed by atoms with E-state index < -0.39 is 5.92 Å². The minimum Gasteiger partial charge on any atom is -0.375 e. The molecule has 2 rings (SSSR count). The van der Waals surface area contributed by atoms with E-state index in [1.807, 2.05) is 52.0 Å². The average molecular weight is 271 g/mol. The largest absolute Gasteiger partial charge is 0.375 e. The molecule has 3 heteroatoms. The first-order valence-corrected chi connectivity index (χ1v) is 7.11. The molecule has 1 aliphatic rings. The van der Waals surface area contributed by atoms with Gasteiger partial charge in [-0.25, -0.2) is 0 Å². The Balaban J connectivity index is 2.29. The van der Waals surface area contributed by atoms with Gasteiger partial charge in [0.1, 0.15) is 5.92 Å². The maximum atomic E-state index is 12.8. The molecule has 5 atom stereocenters. The number of carbonyl (C=O) groups is 1. The van der Waals surface area contributed by atoms with Gasteiger partial charge >= 0.3 is 0 Å². The Morgan fingerprint density at radius 3 is 2.50 bits per heavy atom. The zero-order chi connectivity index (χ0) is 14.9. The summed E-state index contributed by atoms with van der Waals surface area (Å²) in [5.74, 6) is -0.755. The van der Waals surface area contributed by atoms with Crippen molar-refractivity contribution < 1.29 is 9.53 Å². The highest BCUT2D eigenvalue weighted by molar-refractivity contribution is 5.91. The van der Waals surface area contributed by atoms with E-state index in [1.54, 1.807) is 0 Å². The number of ketones is 1. The number of nitrogens with zero attached hydrogens (tertiary/aromatic N) is 1. The van der Waals surface area contributed by atoms with E-state index in [9.17, 15) is 10.1 Å². The Morgan fingerprint density at radius 2 is 2.00 bits per heavy atom. The topological polar surface area (TPSA) is 50.1 Å². The van der Waals surface area contributed by atoms with Gasteiger partial charge in [-0.05, 0) is 32.3 Å². The molecular weight excluding hydrogens is 250 g/mol. The molecule has 1 aromatic carbocycles. The predicted molar refractivity (Wildman–Crippen MR) is 77.2 cm³/mol. The number of Topliss-reactive ketones (excluding diaryl/α,β-unsaturated/α-hetero) is 1. The van der Waals surface area contributed by atoms with Gasteiger partial charge in [-0.1, -0.05) is 36.8 Å². The molecule has 0 N–H and O–H groups in total. The molecule has 1 aliphatic heterocycles. The third-order valence-electron chi connectivity index (χ3n) is 4.36. The molecule has 0 radical (unpaired) electrons. The van der Waals surface area contributed by atoms with Gasteiger partial charge in [0.05, 0.1) is 24.2 Å². The minimum atomic E-state index is -0.696. The summed E-state index contributed by atoms with van der Waals surface area (Å²) in [7, 11) is 0. The number of carbonyl (C=O) groups excluding carboxylic acids is 1. The van der Waals surface area contributed by atoms with Gasteiger partial charge in [-0.15, -0.1) is 0 Å². The Hall–Kier alpha value is -1.66. The van der Waals surface area contributed by atoms with Crippen LogP contribution in [-0.4, -0.2) is 18.0 Å². The minimum absolute atomic E-state index is 0.0116. The normalized spacial score (nSPS) is 30.8. The first-order valence-electron chi connectivity index (χ1n) is 7.11. The van der Waals surface area contributed by atoms with Gasteiger partial charge in [0, 0.05) is 0 Å². The molecule has 1 heterocycles. The summed E-state index contributed by atoms with van der Waals surface area (Å²) in [6.07, 6.45) is -0.0519. The number of hydrogen-bond acceptors (Lipinski definition) is 3. The standard InChI is InChI=1S/C17H21NO2/c1-10-6-5-7-14(8-10)15(9-18)17(19)16-11(2)12(3)20-13(16)4/h5-8,11-13,15-16H,1-4H3. The quantitative estimate of drug-likeness (QED) is 0.848. The zero-order valence-electron chi connectivity index (χ0n) is 12.5. The smallest absolute Gasteiger partial charge is 0.160 e. The Morgan fingerprint density at radius 1 is 1.30 bits per heavy atom. The molecule has 0 aromatic heterocycles. The molecule has 0 bridgehead atoms. The van der Waals surface area contributed by atoms with Crippen LogP contribution in [0.25, 0.3) is 0 Å². The van der Waals surface area contributed by atoms with Crippen LogP contribution in [0.5, 0.6) is 0 Å². The number of ether oxygens (including phenoxy) is 1. The summed E-state index contributed by atoms with van der Waals surface area (Å²) in [6.45, 7) is 7.91. The van der Waals surface area contributed by atoms with E-state index >= 15 is 0 Å². The van der Waals surface area contributed by atoms with Crippen LogP contribution in [-0.2, 0) is 9.53 Å². The Bertz CT molecular complexity index is 546. The number of hydrogen-bond donors (Lipinski definition) is 0. The molecule has 1 aromatic rings. The van der Waals surface area contributed by atoms with E-state index in [2.05, 4.69) is 6.07 Å². The van der Waals surface area contributed by atoms with Crippen molar-refractivity contribution in [1.82, 2.24) is 0 Å². The lowest BCUT2D eigenvalue weighted by molar-refractivity contribution is -0.125. The van der Waals surface area contributed by atoms with Crippen LogP contribution in [0.4, 0.5) is 0 Å². The molecule has 0 saturated carbocycles. The van der Waals surface area contributed by atoms with Crippen LogP contribution in [0.2, 0.25) is 0 Å². The molecule has 0 spiro atoms. The van der Waals surface area contributed by atoms with Crippen molar-refractivity contribution >= 4 is 5.78 Å². The maximum absolute atomic E-state index is 12.8. The lowest BCUT2D eigenvalue weighted by Crippen LogP contribution is -2.30. The summed E-state index contributed by atoms with van der Waals surface area (Å²) in [5.41, 5.74) is 1.85. The molecule has 3 nitrogen and oxygen atoms in total. The highest BCUT2D eigenvalue weighted by atomic mass is 16.5. The first-order chi connectivity index (χ1) is 9.45. The van der Waals surface area contributed by atoms with Crippen LogP contribution in [0.15, 0.2) is 24.3 Å². The molecular formula is C17H21NO2. The molecule has 1 saturated heterocycles. The van der Waals surface area contributed by atoms with Crippen molar-refractivity contribution in [3.05, 3.63) is 35.4 Å². The van der Waals surface area contributed by atoms with E-state index in [4.69, 9.17) is 4.74 Å². The van der Waals surface area contributed by atoms with Gasteiger partial charge in [-0.2, -0.15) is 5.26 Å². The first kappa shape index (κ1) is 14.7. The van der Waals surface area contributed by atoms with Gasteiger partial charge in [-0.3, -0.25) is 4.79 Å². The van der Waals surface area contributed by atoms with E-state index in [0.717, 1.165) is 11.1 Å². The number of aryl methyl sites for hydroxylation is 1. The van der Waals surface area contributed by atoms with Crippen molar-refractivity contribution in [3.8, 4) is 6.07 Å². The summed E-state index contributed by atoms with van der Waals surface area (Å²) in [5, 5.41) is 9.43. The number of nitriles is 1. The Labute approximate surface area is 120 Å². The van der Waals surface area contributed by atoms with Crippen molar-refractivity contribution in [3.63, 3.8) is 0 Å². The lowest BCUT2D eigenvalue weighted by atomic mass is 9.79. The maximum Gasteiger partial charge on any atom is 0.160 e. The van der Waals surface area contributed by atoms with E-state index in [-0.39, 0.29) is 29.8 Å².